The number of nitrogens with one attached hydrogen (secondary N) is 1. The zero-order chi connectivity index (χ0) is 18.1. The van der Waals surface area contributed by atoms with Gasteiger partial charge in [0.1, 0.15) is 11.8 Å². The van der Waals surface area contributed by atoms with E-state index in [-0.39, 0.29) is 17.9 Å². The van der Waals surface area contributed by atoms with Crippen molar-refractivity contribution in [2.45, 2.75) is 65.6 Å². The van der Waals surface area contributed by atoms with Gasteiger partial charge in [0.15, 0.2) is 0 Å². The van der Waals surface area contributed by atoms with Crippen molar-refractivity contribution in [2.75, 3.05) is 7.11 Å². The van der Waals surface area contributed by atoms with E-state index in [2.05, 4.69) is 5.32 Å². The van der Waals surface area contributed by atoms with Crippen molar-refractivity contribution < 1.29 is 14.3 Å². The lowest BCUT2D eigenvalue weighted by atomic mass is 10.1. The molecule has 24 heavy (non-hydrogen) atoms. The van der Waals surface area contributed by atoms with E-state index < -0.39 is 6.04 Å². The van der Waals surface area contributed by atoms with Crippen LogP contribution < -0.4 is 10.1 Å². The number of hydrogen-bond donors (Lipinski definition) is 1. The lowest BCUT2D eigenvalue weighted by molar-refractivity contribution is -0.140. The van der Waals surface area contributed by atoms with Crippen molar-refractivity contribution in [2.24, 2.45) is 0 Å². The van der Waals surface area contributed by atoms with E-state index in [9.17, 15) is 9.59 Å². The zero-order valence-electron chi connectivity index (χ0n) is 15.5. The van der Waals surface area contributed by atoms with Crippen LogP contribution in [0.5, 0.6) is 5.75 Å². The van der Waals surface area contributed by atoms with Crippen molar-refractivity contribution in [3.05, 3.63) is 29.8 Å². The fourth-order valence-corrected chi connectivity index (χ4v) is 2.33. The molecule has 5 nitrogen and oxygen atoms in total. The normalized spacial score (nSPS) is 13.0. The molecule has 0 saturated carbocycles. The van der Waals surface area contributed by atoms with Crippen molar-refractivity contribution in [3.8, 4) is 5.75 Å². The predicted molar refractivity (Wildman–Crippen MR) is 95.8 cm³/mol. The summed E-state index contributed by atoms with van der Waals surface area (Å²) in [5.41, 5.74) is 0.975. The van der Waals surface area contributed by atoms with Crippen LogP contribution in [0.1, 0.15) is 52.5 Å². The van der Waals surface area contributed by atoms with Gasteiger partial charge < -0.3 is 15.0 Å². The molecule has 0 unspecified atom stereocenters. The minimum Gasteiger partial charge on any atom is -0.497 e. The molecule has 0 fully saturated rings. The monoisotopic (exact) mass is 334 g/mol. The molecule has 0 bridgehead atoms. The molecular weight excluding hydrogens is 304 g/mol. The van der Waals surface area contributed by atoms with Crippen molar-refractivity contribution >= 4 is 11.8 Å². The summed E-state index contributed by atoms with van der Waals surface area (Å²) < 4.78 is 5.16. The van der Waals surface area contributed by atoms with Crippen LogP contribution in [0.3, 0.4) is 0 Å². The minimum absolute atomic E-state index is 0.000111. The lowest BCUT2D eigenvalue weighted by Crippen LogP contribution is -2.49. The van der Waals surface area contributed by atoms with Crippen LogP contribution in [0.2, 0.25) is 0 Å². The largest absolute Gasteiger partial charge is 0.497 e. The minimum atomic E-state index is -0.500. The van der Waals surface area contributed by atoms with Crippen LogP contribution in [0.25, 0.3) is 0 Å². The molecule has 0 aromatic heterocycles. The standard InChI is InChI=1S/C19H30N2O3/c1-6-8-18(22)21(15(4)19(23)20-14(3)7-2)13-16-9-11-17(24-5)12-10-16/h9-12,14-15H,6-8,13H2,1-5H3,(H,20,23)/t14-,15+/m1/s1. The van der Waals surface area contributed by atoms with Crippen molar-refractivity contribution in [1.29, 1.82) is 0 Å². The van der Waals surface area contributed by atoms with Gasteiger partial charge in [-0.1, -0.05) is 26.0 Å². The van der Waals surface area contributed by atoms with Gasteiger partial charge in [-0.25, -0.2) is 0 Å². The molecular formula is C19H30N2O3. The van der Waals surface area contributed by atoms with Crippen LogP contribution >= 0.6 is 0 Å². The summed E-state index contributed by atoms with van der Waals surface area (Å²) >= 11 is 0. The topological polar surface area (TPSA) is 58.6 Å². The average molecular weight is 334 g/mol. The van der Waals surface area contributed by atoms with E-state index in [1.54, 1.807) is 18.9 Å². The average Bonchev–Trinajstić information content (AvgIpc) is 2.59. The summed E-state index contributed by atoms with van der Waals surface area (Å²) in [7, 11) is 1.62. The maximum Gasteiger partial charge on any atom is 0.242 e. The summed E-state index contributed by atoms with van der Waals surface area (Å²) in [5, 5.41) is 2.96. The van der Waals surface area contributed by atoms with Gasteiger partial charge in [-0.05, 0) is 44.4 Å². The molecule has 0 saturated heterocycles. The number of benzene rings is 1. The second-order valence-corrected chi connectivity index (χ2v) is 6.11. The number of amides is 2. The second-order valence-electron chi connectivity index (χ2n) is 6.11. The van der Waals surface area contributed by atoms with Gasteiger partial charge in [0, 0.05) is 19.0 Å². The zero-order valence-corrected chi connectivity index (χ0v) is 15.5. The fraction of sp³-hybridized carbons (Fsp3) is 0.579. The second kappa shape index (κ2) is 9.96. The van der Waals surface area contributed by atoms with E-state index >= 15 is 0 Å². The molecule has 1 rings (SSSR count). The van der Waals surface area contributed by atoms with Gasteiger partial charge >= 0.3 is 0 Å². The Balaban J connectivity index is 2.89. The van der Waals surface area contributed by atoms with Gasteiger partial charge in [0.2, 0.25) is 11.8 Å². The third-order valence-corrected chi connectivity index (χ3v) is 4.14. The van der Waals surface area contributed by atoms with E-state index in [4.69, 9.17) is 4.74 Å². The van der Waals surface area contributed by atoms with Crippen LogP contribution in [-0.2, 0) is 16.1 Å². The van der Waals surface area contributed by atoms with Crippen LogP contribution in [-0.4, -0.2) is 35.9 Å². The summed E-state index contributed by atoms with van der Waals surface area (Å²) in [6.45, 7) is 8.15. The summed E-state index contributed by atoms with van der Waals surface area (Å²) in [6.07, 6.45) is 2.06. The van der Waals surface area contributed by atoms with Gasteiger partial charge in [-0.15, -0.1) is 0 Å². The smallest absolute Gasteiger partial charge is 0.242 e. The highest BCUT2D eigenvalue weighted by atomic mass is 16.5. The Bertz CT molecular complexity index is 528. The molecule has 2 amide bonds. The van der Waals surface area contributed by atoms with Gasteiger partial charge in [0.05, 0.1) is 7.11 Å². The highest BCUT2D eigenvalue weighted by molar-refractivity contribution is 5.87. The Morgan fingerprint density at radius 1 is 1.17 bits per heavy atom. The van der Waals surface area contributed by atoms with Gasteiger partial charge in [0.25, 0.3) is 0 Å². The van der Waals surface area contributed by atoms with Crippen LogP contribution in [0.4, 0.5) is 0 Å². The lowest BCUT2D eigenvalue weighted by Gasteiger charge is -2.29. The van der Waals surface area contributed by atoms with Gasteiger partial charge in [-0.3, -0.25) is 9.59 Å². The number of methoxy groups -OCH3 is 1. The predicted octanol–water partition coefficient (Wildman–Crippen LogP) is 3.13. The van der Waals surface area contributed by atoms with Crippen molar-refractivity contribution in [1.82, 2.24) is 10.2 Å². The Morgan fingerprint density at radius 3 is 2.29 bits per heavy atom. The quantitative estimate of drug-likeness (QED) is 0.755. The molecule has 5 heteroatoms. The molecule has 0 aliphatic carbocycles. The highest BCUT2D eigenvalue weighted by Gasteiger charge is 2.26. The molecule has 0 heterocycles. The first-order valence-electron chi connectivity index (χ1n) is 8.65. The number of ether oxygens (including phenoxy) is 1. The van der Waals surface area contributed by atoms with Crippen LogP contribution in [0.15, 0.2) is 24.3 Å². The molecule has 0 aliphatic heterocycles. The Hall–Kier alpha value is -2.04. The van der Waals surface area contributed by atoms with E-state index in [1.807, 2.05) is 45.0 Å². The Kier molecular flexibility index (Phi) is 8.30. The Labute approximate surface area is 145 Å². The molecule has 1 N–H and O–H groups in total. The third-order valence-electron chi connectivity index (χ3n) is 4.14. The van der Waals surface area contributed by atoms with Crippen LogP contribution in [0, 0.1) is 0 Å². The number of rotatable bonds is 9. The summed E-state index contributed by atoms with van der Waals surface area (Å²) in [6, 6.07) is 7.17. The van der Waals surface area contributed by atoms with Gasteiger partial charge in [-0.2, -0.15) is 0 Å². The first-order chi connectivity index (χ1) is 11.4. The first kappa shape index (κ1) is 20.0. The van der Waals surface area contributed by atoms with E-state index in [0.717, 1.165) is 24.2 Å². The molecule has 0 spiro atoms. The maximum atomic E-state index is 12.5. The van der Waals surface area contributed by atoms with E-state index in [1.165, 1.54) is 0 Å². The number of carbonyl (C=O) groups is 2. The van der Waals surface area contributed by atoms with E-state index in [0.29, 0.717) is 13.0 Å². The third kappa shape index (κ3) is 5.87. The first-order valence-corrected chi connectivity index (χ1v) is 8.65. The Morgan fingerprint density at radius 2 is 1.79 bits per heavy atom. The molecule has 1 aromatic rings. The molecule has 2 atom stereocenters. The maximum absolute atomic E-state index is 12.5. The number of hydrogen-bond acceptors (Lipinski definition) is 3. The SMILES string of the molecule is CCCC(=O)N(Cc1ccc(OC)cc1)[C@@H](C)C(=O)N[C@H](C)CC. The van der Waals surface area contributed by atoms with Crippen molar-refractivity contribution in [3.63, 3.8) is 0 Å². The molecule has 0 aliphatic rings. The summed E-state index contributed by atoms with van der Waals surface area (Å²) in [4.78, 5) is 26.6. The highest BCUT2D eigenvalue weighted by Crippen LogP contribution is 2.16. The number of carbonyl (C=O) groups excluding carboxylic acids is 2. The molecule has 0 radical (unpaired) electrons. The molecule has 134 valence electrons. The fourth-order valence-electron chi connectivity index (χ4n) is 2.33. The number of nitrogens with zero attached hydrogens (tertiary/aromatic N) is 1. The summed E-state index contributed by atoms with van der Waals surface area (Å²) in [5.74, 6) is 0.662. The molecule has 1 aromatic carbocycles.